The molecule has 11 rings (SSSR count). The minimum atomic E-state index is -0.440. The second-order valence-corrected chi connectivity index (χ2v) is 15.5. The highest BCUT2D eigenvalue weighted by atomic mass is 32.1. The average molecular weight is 731 g/mol. The van der Waals surface area contributed by atoms with E-state index in [0.717, 1.165) is 44.0 Å². The van der Waals surface area contributed by atoms with Crippen LogP contribution in [-0.4, -0.2) is 9.97 Å². The zero-order valence-corrected chi connectivity index (χ0v) is 31.2. The van der Waals surface area contributed by atoms with E-state index in [0.29, 0.717) is 0 Å². The first-order valence-corrected chi connectivity index (χ1v) is 19.9. The lowest BCUT2D eigenvalue weighted by Gasteiger charge is -2.34. The summed E-state index contributed by atoms with van der Waals surface area (Å²) in [6, 6.07) is 74.6. The summed E-state index contributed by atoms with van der Waals surface area (Å²) in [7, 11) is 0. The number of rotatable bonds is 6. The van der Waals surface area contributed by atoms with Gasteiger partial charge in [-0.25, -0.2) is 9.97 Å². The molecule has 0 aliphatic heterocycles. The van der Waals surface area contributed by atoms with Crippen LogP contribution in [0.15, 0.2) is 206 Å². The van der Waals surface area contributed by atoms with E-state index in [4.69, 9.17) is 9.97 Å². The van der Waals surface area contributed by atoms with Gasteiger partial charge in [0, 0.05) is 26.6 Å². The first kappa shape index (κ1) is 32.5. The molecule has 0 bridgehead atoms. The maximum Gasteiger partial charge on any atom is 0.161 e. The molecule has 0 fully saturated rings. The van der Waals surface area contributed by atoms with Gasteiger partial charge in [-0.15, -0.1) is 11.3 Å². The lowest BCUT2D eigenvalue weighted by atomic mass is 9.67. The number of thiophene rings is 1. The van der Waals surface area contributed by atoms with Crippen molar-refractivity contribution in [2.24, 2.45) is 0 Å². The summed E-state index contributed by atoms with van der Waals surface area (Å²) in [6.45, 7) is 0. The Morgan fingerprint density at radius 1 is 0.375 bits per heavy atom. The Hall–Kier alpha value is -6.94. The molecule has 1 aliphatic rings. The zero-order valence-electron chi connectivity index (χ0n) is 30.4. The van der Waals surface area contributed by atoms with Crippen molar-refractivity contribution in [1.82, 2.24) is 9.97 Å². The maximum absolute atomic E-state index is 5.27. The summed E-state index contributed by atoms with van der Waals surface area (Å²) in [6.07, 6.45) is 0. The second-order valence-electron chi connectivity index (χ2n) is 14.5. The van der Waals surface area contributed by atoms with Crippen LogP contribution in [0.1, 0.15) is 22.3 Å². The molecule has 0 radical (unpaired) electrons. The van der Waals surface area contributed by atoms with E-state index in [9.17, 15) is 0 Å². The van der Waals surface area contributed by atoms with Gasteiger partial charge in [-0.2, -0.15) is 0 Å². The molecule has 3 heteroatoms. The highest BCUT2D eigenvalue weighted by molar-refractivity contribution is 7.25. The van der Waals surface area contributed by atoms with Crippen molar-refractivity contribution in [3.8, 4) is 56.0 Å². The van der Waals surface area contributed by atoms with Crippen LogP contribution < -0.4 is 0 Å². The summed E-state index contributed by atoms with van der Waals surface area (Å²) in [5, 5.41) is 2.31. The first-order chi connectivity index (χ1) is 27.8. The van der Waals surface area contributed by atoms with Crippen LogP contribution in [0.3, 0.4) is 0 Å². The van der Waals surface area contributed by atoms with Crippen LogP contribution in [-0.2, 0) is 5.41 Å². The Balaban J connectivity index is 1.02. The maximum atomic E-state index is 5.27. The average Bonchev–Trinajstić information content (AvgIpc) is 3.81. The smallest absolute Gasteiger partial charge is 0.161 e. The number of aromatic nitrogens is 2. The lowest BCUT2D eigenvalue weighted by molar-refractivity contribution is 0.769. The van der Waals surface area contributed by atoms with Crippen LogP contribution in [0.4, 0.5) is 0 Å². The van der Waals surface area contributed by atoms with Gasteiger partial charge >= 0.3 is 0 Å². The first-order valence-electron chi connectivity index (χ1n) is 19.1. The number of nitrogens with zero attached hydrogens (tertiary/aromatic N) is 2. The third-order valence-electron chi connectivity index (χ3n) is 11.4. The number of fused-ring (bicyclic) bond motifs is 6. The highest BCUT2D eigenvalue weighted by Gasteiger charge is 2.45. The largest absolute Gasteiger partial charge is 0.227 e. The molecule has 262 valence electrons. The van der Waals surface area contributed by atoms with E-state index < -0.39 is 5.41 Å². The Bertz CT molecular complexity index is 3040. The highest BCUT2D eigenvalue weighted by Crippen LogP contribution is 2.56. The lowest BCUT2D eigenvalue weighted by Crippen LogP contribution is -2.28. The van der Waals surface area contributed by atoms with Gasteiger partial charge in [0.05, 0.1) is 11.1 Å². The van der Waals surface area contributed by atoms with Crippen molar-refractivity contribution in [2.45, 2.75) is 5.41 Å². The summed E-state index contributed by atoms with van der Waals surface area (Å²) in [4.78, 5) is 11.5. The third kappa shape index (κ3) is 5.09. The van der Waals surface area contributed by atoms with E-state index in [-0.39, 0.29) is 0 Å². The molecular formula is C53H34N2S. The number of benzene rings is 8. The number of hydrogen-bond acceptors (Lipinski definition) is 3. The van der Waals surface area contributed by atoms with Crippen LogP contribution in [0.5, 0.6) is 0 Å². The molecule has 56 heavy (non-hydrogen) atoms. The van der Waals surface area contributed by atoms with E-state index in [2.05, 4.69) is 206 Å². The summed E-state index contributed by atoms with van der Waals surface area (Å²) in [5.74, 6) is 0.733. The van der Waals surface area contributed by atoms with Crippen molar-refractivity contribution in [1.29, 1.82) is 0 Å². The Morgan fingerprint density at radius 2 is 0.875 bits per heavy atom. The fourth-order valence-electron chi connectivity index (χ4n) is 8.92. The minimum Gasteiger partial charge on any atom is -0.227 e. The Kier molecular flexibility index (Phi) is 7.61. The van der Waals surface area contributed by atoms with Gasteiger partial charge in [0.1, 0.15) is 4.83 Å². The molecule has 1 aliphatic carbocycles. The summed E-state index contributed by atoms with van der Waals surface area (Å²) < 4.78 is 1.22. The van der Waals surface area contributed by atoms with Crippen LogP contribution in [0.2, 0.25) is 0 Å². The van der Waals surface area contributed by atoms with Gasteiger partial charge in [0.25, 0.3) is 0 Å². The Labute approximate surface area is 330 Å². The molecule has 8 aromatic carbocycles. The fourth-order valence-corrected chi connectivity index (χ4v) is 9.99. The normalized spacial score (nSPS) is 12.8. The molecule has 0 saturated carbocycles. The third-order valence-corrected chi connectivity index (χ3v) is 12.5. The van der Waals surface area contributed by atoms with Gasteiger partial charge in [-0.3, -0.25) is 0 Å². The Morgan fingerprint density at radius 3 is 1.57 bits per heavy atom. The number of hydrogen-bond donors (Lipinski definition) is 0. The van der Waals surface area contributed by atoms with Gasteiger partial charge in [0.2, 0.25) is 0 Å². The molecule has 0 amide bonds. The van der Waals surface area contributed by atoms with E-state index in [1.807, 2.05) is 0 Å². The van der Waals surface area contributed by atoms with Crippen molar-refractivity contribution in [3.63, 3.8) is 0 Å². The molecular weight excluding hydrogens is 697 g/mol. The molecule has 2 heterocycles. The second kappa shape index (κ2) is 13.1. The van der Waals surface area contributed by atoms with Crippen molar-refractivity contribution >= 4 is 31.6 Å². The molecule has 0 saturated heterocycles. The van der Waals surface area contributed by atoms with Crippen LogP contribution >= 0.6 is 11.3 Å². The predicted octanol–water partition coefficient (Wildman–Crippen LogP) is 13.9. The fraction of sp³-hybridized carbons (Fsp3) is 0.0189. The molecule has 0 atom stereocenters. The van der Waals surface area contributed by atoms with Crippen molar-refractivity contribution in [2.75, 3.05) is 0 Å². The molecule has 0 N–H and O–H groups in total. The van der Waals surface area contributed by atoms with Gasteiger partial charge < -0.3 is 0 Å². The topological polar surface area (TPSA) is 25.8 Å². The van der Waals surface area contributed by atoms with E-state index in [1.165, 1.54) is 54.6 Å². The standard InChI is InChI=1S/C53H34N2S/c1-3-16-35(17-4-1)50-49-45-28-9-12-31-48(45)56-52(49)55-51(54-50)40-22-14-20-38(33-40)36-18-13-19-37(32-36)39-21-15-25-42(34-39)53(41-23-5-2-6-24-41)46-29-10-7-26-43(46)44-27-8-11-30-47(44)53/h1-34H. The van der Waals surface area contributed by atoms with Gasteiger partial charge in [0.15, 0.2) is 5.82 Å². The zero-order chi connectivity index (χ0) is 37.1. The van der Waals surface area contributed by atoms with Crippen LogP contribution in [0, 0.1) is 0 Å². The van der Waals surface area contributed by atoms with E-state index >= 15 is 0 Å². The molecule has 0 unspecified atom stereocenters. The molecule has 2 aromatic heterocycles. The van der Waals surface area contributed by atoms with Crippen molar-refractivity contribution in [3.05, 3.63) is 229 Å². The van der Waals surface area contributed by atoms with Crippen molar-refractivity contribution < 1.29 is 0 Å². The van der Waals surface area contributed by atoms with Gasteiger partial charge in [-0.05, 0) is 79.9 Å². The monoisotopic (exact) mass is 730 g/mol. The SMILES string of the molecule is c1ccc(-c2nc(-c3cccc(-c4cccc(-c5cccc(C6(c7ccccc7)c7ccccc7-c7ccccc76)c5)c4)c3)nc3sc4ccccc4c23)cc1. The summed E-state index contributed by atoms with van der Waals surface area (Å²) in [5.41, 5.74) is 15.0. The van der Waals surface area contributed by atoms with Crippen LogP contribution in [0.25, 0.3) is 76.3 Å². The predicted molar refractivity (Wildman–Crippen MR) is 234 cm³/mol. The van der Waals surface area contributed by atoms with Gasteiger partial charge in [-0.1, -0.05) is 182 Å². The molecule has 2 nitrogen and oxygen atoms in total. The molecule has 10 aromatic rings. The summed E-state index contributed by atoms with van der Waals surface area (Å²) >= 11 is 1.73. The quantitative estimate of drug-likeness (QED) is 0.170. The van der Waals surface area contributed by atoms with E-state index in [1.54, 1.807) is 11.3 Å². The minimum absolute atomic E-state index is 0.440. The molecule has 0 spiro atoms.